The topological polar surface area (TPSA) is 69.6 Å². The minimum atomic E-state index is -0.224. The lowest BCUT2D eigenvalue weighted by Gasteiger charge is -2.12. The molecule has 0 bridgehead atoms. The van der Waals surface area contributed by atoms with Crippen LogP contribution in [0.25, 0.3) is 50.1 Å². The summed E-state index contributed by atoms with van der Waals surface area (Å²) >= 11 is 6.13. The van der Waals surface area contributed by atoms with Crippen LogP contribution in [0, 0.1) is 0 Å². The fraction of sp³-hybridized carbons (Fsp3) is 0.0417. The number of methoxy groups -OCH3 is 1. The maximum Gasteiger partial charge on any atom is 0.236 e. The number of rotatable bonds is 2. The van der Waals surface area contributed by atoms with E-state index < -0.39 is 0 Å². The van der Waals surface area contributed by atoms with Crippen molar-refractivity contribution in [3.8, 4) is 17.1 Å². The highest BCUT2D eigenvalue weighted by atomic mass is 35.5. The van der Waals surface area contributed by atoms with Crippen molar-refractivity contribution in [1.82, 2.24) is 14.4 Å². The molecule has 0 radical (unpaired) electrons. The first-order valence-electron chi connectivity index (χ1n) is 9.62. The number of imidazole rings is 1. The molecule has 6 aromatic rings. The Morgan fingerprint density at radius 3 is 2.68 bits per heavy atom. The van der Waals surface area contributed by atoms with Gasteiger partial charge in [-0.2, -0.15) is 4.98 Å². The largest absolute Gasteiger partial charge is 0.496 e. The number of aromatic nitrogens is 3. The molecule has 6 nitrogen and oxygen atoms in total. The second kappa shape index (κ2) is 6.55. The lowest BCUT2D eigenvalue weighted by Crippen LogP contribution is -2.08. The normalized spacial score (nSPS) is 11.7. The summed E-state index contributed by atoms with van der Waals surface area (Å²) in [6, 6.07) is 20.2. The summed E-state index contributed by atoms with van der Waals surface area (Å²) in [5, 5.41) is 1.16. The molecule has 3 aromatic heterocycles. The van der Waals surface area contributed by atoms with Crippen LogP contribution in [0.3, 0.4) is 0 Å². The van der Waals surface area contributed by atoms with E-state index in [2.05, 4.69) is 0 Å². The Labute approximate surface area is 180 Å². The van der Waals surface area contributed by atoms with Gasteiger partial charge < -0.3 is 9.15 Å². The van der Waals surface area contributed by atoms with Crippen LogP contribution in [0.4, 0.5) is 0 Å². The van der Waals surface area contributed by atoms with Gasteiger partial charge in [-0.25, -0.2) is 4.98 Å². The first-order chi connectivity index (χ1) is 15.2. The van der Waals surface area contributed by atoms with E-state index in [0.717, 1.165) is 16.6 Å². The minimum Gasteiger partial charge on any atom is -0.496 e. The van der Waals surface area contributed by atoms with Crippen LogP contribution in [0.2, 0.25) is 5.02 Å². The second-order valence-corrected chi connectivity index (χ2v) is 7.58. The number of fused-ring (bicyclic) bond motifs is 6. The van der Waals surface area contributed by atoms with Crippen molar-refractivity contribution >= 4 is 50.4 Å². The summed E-state index contributed by atoms with van der Waals surface area (Å²) in [5.74, 6) is 1.23. The predicted molar refractivity (Wildman–Crippen MR) is 121 cm³/mol. The number of nitrogens with zero attached hydrogens (tertiary/aromatic N) is 3. The summed E-state index contributed by atoms with van der Waals surface area (Å²) in [4.78, 5) is 23.0. The SMILES string of the molecule is COc1ccccc1-c1nc2oc3ccc(Cl)cc3c(=O)c2c2nc3ccccc3n12. The molecule has 0 aliphatic rings. The van der Waals surface area contributed by atoms with E-state index >= 15 is 0 Å². The lowest BCUT2D eigenvalue weighted by molar-refractivity contribution is 0.416. The van der Waals surface area contributed by atoms with Gasteiger partial charge in [-0.15, -0.1) is 0 Å². The van der Waals surface area contributed by atoms with E-state index in [4.69, 9.17) is 30.7 Å². The molecule has 150 valence electrons. The third-order valence-electron chi connectivity index (χ3n) is 5.39. The molecule has 3 heterocycles. The van der Waals surface area contributed by atoms with Gasteiger partial charge in [-0.1, -0.05) is 35.9 Å². The number of para-hydroxylation sites is 3. The summed E-state index contributed by atoms with van der Waals surface area (Å²) in [6.45, 7) is 0. The highest BCUT2D eigenvalue weighted by molar-refractivity contribution is 6.31. The smallest absolute Gasteiger partial charge is 0.236 e. The van der Waals surface area contributed by atoms with Crippen molar-refractivity contribution in [3.63, 3.8) is 0 Å². The van der Waals surface area contributed by atoms with Crippen LogP contribution < -0.4 is 10.2 Å². The van der Waals surface area contributed by atoms with Crippen LogP contribution in [0.15, 0.2) is 75.9 Å². The minimum absolute atomic E-state index is 0.212. The summed E-state index contributed by atoms with van der Waals surface area (Å²) < 4.78 is 13.5. The van der Waals surface area contributed by atoms with Crippen LogP contribution in [0.5, 0.6) is 5.75 Å². The molecule has 6 rings (SSSR count). The molecule has 0 atom stereocenters. The van der Waals surface area contributed by atoms with E-state index in [1.54, 1.807) is 25.3 Å². The fourth-order valence-corrected chi connectivity index (χ4v) is 4.17. The van der Waals surface area contributed by atoms with Gasteiger partial charge >= 0.3 is 0 Å². The number of hydrogen-bond acceptors (Lipinski definition) is 5. The van der Waals surface area contributed by atoms with Crippen molar-refractivity contribution in [2.75, 3.05) is 7.11 Å². The van der Waals surface area contributed by atoms with Crippen molar-refractivity contribution in [2.24, 2.45) is 0 Å². The predicted octanol–water partition coefficient (Wildman–Crippen LogP) is 5.47. The molecule has 31 heavy (non-hydrogen) atoms. The van der Waals surface area contributed by atoms with Crippen LogP contribution in [-0.2, 0) is 0 Å². The van der Waals surface area contributed by atoms with Crippen molar-refractivity contribution < 1.29 is 9.15 Å². The lowest BCUT2D eigenvalue weighted by atomic mass is 10.1. The zero-order chi connectivity index (χ0) is 21.1. The van der Waals surface area contributed by atoms with Crippen molar-refractivity contribution in [1.29, 1.82) is 0 Å². The Bertz CT molecular complexity index is 1720. The molecule has 0 fully saturated rings. The molecule has 0 N–H and O–H groups in total. The molecule has 0 unspecified atom stereocenters. The quantitative estimate of drug-likeness (QED) is 0.343. The summed E-state index contributed by atoms with van der Waals surface area (Å²) in [5.41, 5.74) is 3.22. The van der Waals surface area contributed by atoms with E-state index in [9.17, 15) is 4.79 Å². The van der Waals surface area contributed by atoms with E-state index in [1.165, 1.54) is 0 Å². The molecule has 0 aliphatic heterocycles. The van der Waals surface area contributed by atoms with Crippen molar-refractivity contribution in [3.05, 3.63) is 82.0 Å². The number of ether oxygens (including phenoxy) is 1. The van der Waals surface area contributed by atoms with Gasteiger partial charge in [0, 0.05) is 5.02 Å². The number of hydrogen-bond donors (Lipinski definition) is 0. The first-order valence-corrected chi connectivity index (χ1v) is 10.00. The zero-order valence-electron chi connectivity index (χ0n) is 16.3. The maximum atomic E-state index is 13.5. The van der Waals surface area contributed by atoms with E-state index in [0.29, 0.717) is 38.6 Å². The molecule has 0 amide bonds. The summed E-state index contributed by atoms with van der Waals surface area (Å²) in [6.07, 6.45) is 0. The van der Waals surface area contributed by atoms with Crippen LogP contribution in [-0.4, -0.2) is 21.5 Å². The standard InChI is InChI=1S/C24H14ClN3O3/c1-30-18-9-5-2-6-14(18)22-27-24-20(21(29)15-12-13(25)10-11-19(15)31-24)23-26-16-7-3-4-8-17(16)28(22)23/h2-12H,1H3. The second-order valence-electron chi connectivity index (χ2n) is 7.15. The molecule has 0 aliphatic carbocycles. The molecule has 3 aromatic carbocycles. The molecule has 0 spiro atoms. The molecule has 7 heteroatoms. The summed E-state index contributed by atoms with van der Waals surface area (Å²) in [7, 11) is 1.61. The molecule has 0 saturated heterocycles. The molecular formula is C24H14ClN3O3. The van der Waals surface area contributed by atoms with Gasteiger partial charge in [0.05, 0.1) is 29.1 Å². The van der Waals surface area contributed by atoms with Gasteiger partial charge in [-0.05, 0) is 42.5 Å². The van der Waals surface area contributed by atoms with Crippen LogP contribution in [0.1, 0.15) is 0 Å². The highest BCUT2D eigenvalue weighted by Gasteiger charge is 2.21. The first kappa shape index (κ1) is 17.9. The number of benzene rings is 3. The number of halogens is 1. The Morgan fingerprint density at radius 1 is 1.00 bits per heavy atom. The average Bonchev–Trinajstić information content (AvgIpc) is 3.18. The Kier molecular flexibility index (Phi) is 3.79. The monoisotopic (exact) mass is 427 g/mol. The maximum absolute atomic E-state index is 13.5. The third-order valence-corrected chi connectivity index (χ3v) is 5.62. The third kappa shape index (κ3) is 2.55. The Balaban J connectivity index is 1.89. The van der Waals surface area contributed by atoms with Crippen LogP contribution >= 0.6 is 11.6 Å². The average molecular weight is 428 g/mol. The highest BCUT2D eigenvalue weighted by Crippen LogP contribution is 2.34. The van der Waals surface area contributed by atoms with Gasteiger partial charge in [0.2, 0.25) is 11.1 Å². The molecular weight excluding hydrogens is 414 g/mol. The zero-order valence-corrected chi connectivity index (χ0v) is 17.1. The van der Waals surface area contributed by atoms with Crippen molar-refractivity contribution in [2.45, 2.75) is 0 Å². The molecule has 0 saturated carbocycles. The Hall–Kier alpha value is -3.90. The fourth-order valence-electron chi connectivity index (χ4n) is 4.00. The van der Waals surface area contributed by atoms with Gasteiger partial charge in [-0.3, -0.25) is 9.20 Å². The van der Waals surface area contributed by atoms with Gasteiger partial charge in [0.15, 0.2) is 11.5 Å². The van der Waals surface area contributed by atoms with Gasteiger partial charge in [0.25, 0.3) is 0 Å². The van der Waals surface area contributed by atoms with E-state index in [-0.39, 0.29) is 11.1 Å². The Morgan fingerprint density at radius 2 is 1.81 bits per heavy atom. The van der Waals surface area contributed by atoms with Gasteiger partial charge in [0.1, 0.15) is 16.7 Å². The van der Waals surface area contributed by atoms with E-state index in [1.807, 2.05) is 52.9 Å².